The molecule has 4 aliphatic rings. The van der Waals surface area contributed by atoms with Crippen LogP contribution in [-0.2, 0) is 38.1 Å². The number of aliphatic hydroxyl groups excluding tert-OH is 3. The van der Waals surface area contributed by atoms with E-state index in [1.54, 1.807) is 20.8 Å². The lowest BCUT2D eigenvalue weighted by atomic mass is 9.81. The third-order valence-corrected chi connectivity index (χ3v) is 12.8. The highest BCUT2D eigenvalue weighted by Gasteiger charge is 2.56. The van der Waals surface area contributed by atoms with E-state index >= 15 is 0 Å². The van der Waals surface area contributed by atoms with Crippen molar-refractivity contribution in [3.8, 4) is 0 Å². The number of fused-ring (bicyclic) bond motifs is 3. The second-order valence-corrected chi connectivity index (χ2v) is 17.3. The number of Topliss-reactive ketones (excluding diaryl/α,β-unsaturated/α-hetero) is 2. The minimum atomic E-state index is -2.50. The van der Waals surface area contributed by atoms with Gasteiger partial charge in [-0.3, -0.25) is 14.4 Å². The monoisotopic (exact) mass is 791 g/mol. The van der Waals surface area contributed by atoms with Gasteiger partial charge in [0.1, 0.15) is 24.0 Å². The van der Waals surface area contributed by atoms with Crippen LogP contribution < -0.4 is 0 Å². The summed E-state index contributed by atoms with van der Waals surface area (Å²) in [6.07, 6.45) is 3.21. The summed E-state index contributed by atoms with van der Waals surface area (Å²) >= 11 is 0. The Hall–Kier alpha value is -2.52. The van der Waals surface area contributed by atoms with Gasteiger partial charge in [0.2, 0.25) is 5.79 Å². The van der Waals surface area contributed by atoms with Crippen molar-refractivity contribution >= 4 is 23.4 Å². The standard InChI is InChI=1S/C43H69NO12/c1-9-12-30-18-24(2)17-25(3)19-36(53-7)39-37(54-8)21-27(5)43(52,56-39)40(49)41(50)44-16-11-10-13-31(44)42(51)55-35(23-33(30)46)28(6)38(48)26(4)20-29-14-15-32(45)34(47)22-29/h18,20,25,27-32,34-39,45,47-48,52H,9-17,19,21-23H2,1-8H3. The summed E-state index contributed by atoms with van der Waals surface area (Å²) in [5.74, 6) is -7.74. The Kier molecular flexibility index (Phi) is 16.9. The van der Waals surface area contributed by atoms with Crippen LogP contribution in [0.15, 0.2) is 23.3 Å². The molecule has 1 amide bonds. The molecule has 0 aromatic heterocycles. The highest BCUT2D eigenvalue weighted by molar-refractivity contribution is 6.39. The average molecular weight is 792 g/mol. The lowest BCUT2D eigenvalue weighted by molar-refractivity contribution is -0.302. The number of rotatable bonds is 8. The zero-order chi connectivity index (χ0) is 41.5. The Morgan fingerprint density at radius 3 is 2.32 bits per heavy atom. The van der Waals surface area contributed by atoms with Gasteiger partial charge >= 0.3 is 5.97 Å². The smallest absolute Gasteiger partial charge is 0.329 e. The molecule has 4 rings (SSSR count). The Labute approximate surface area is 333 Å². The van der Waals surface area contributed by atoms with E-state index < -0.39 is 90.0 Å². The van der Waals surface area contributed by atoms with E-state index in [1.165, 1.54) is 14.2 Å². The first-order chi connectivity index (χ1) is 26.4. The van der Waals surface area contributed by atoms with Crippen molar-refractivity contribution < 1.29 is 58.6 Å². The molecule has 2 saturated heterocycles. The molecule has 1 saturated carbocycles. The van der Waals surface area contributed by atoms with Crippen LogP contribution in [0.25, 0.3) is 0 Å². The van der Waals surface area contributed by atoms with Gasteiger partial charge in [-0.1, -0.05) is 51.8 Å². The average Bonchev–Trinajstić information content (AvgIpc) is 3.17. The fraction of sp³-hybridized carbons (Fsp3) is 0.814. The fourth-order valence-electron chi connectivity index (χ4n) is 9.34. The molecule has 0 radical (unpaired) electrons. The number of hydrogen-bond acceptors (Lipinski definition) is 12. The fourth-order valence-corrected chi connectivity index (χ4v) is 9.34. The topological polar surface area (TPSA) is 189 Å². The number of methoxy groups -OCH3 is 2. The van der Waals surface area contributed by atoms with Crippen LogP contribution in [0.3, 0.4) is 0 Å². The van der Waals surface area contributed by atoms with Gasteiger partial charge in [-0.05, 0) is 95.5 Å². The number of carbonyl (C=O) groups is 4. The van der Waals surface area contributed by atoms with Gasteiger partial charge in [-0.25, -0.2) is 4.79 Å². The predicted molar refractivity (Wildman–Crippen MR) is 208 cm³/mol. The van der Waals surface area contributed by atoms with E-state index in [0.717, 1.165) is 16.9 Å². The molecule has 14 atom stereocenters. The molecule has 3 fully saturated rings. The van der Waals surface area contributed by atoms with E-state index in [2.05, 4.69) is 6.92 Å². The Balaban J connectivity index is 1.74. The number of hydrogen-bond donors (Lipinski definition) is 4. The summed E-state index contributed by atoms with van der Waals surface area (Å²) in [5, 5.41) is 43.9. The number of ketones is 2. The molecule has 13 heteroatoms. The molecular formula is C43H69NO12. The van der Waals surface area contributed by atoms with Crippen LogP contribution in [0.5, 0.6) is 0 Å². The molecule has 2 bridgehead atoms. The van der Waals surface area contributed by atoms with Gasteiger partial charge in [0, 0.05) is 44.9 Å². The molecule has 56 heavy (non-hydrogen) atoms. The first-order valence-corrected chi connectivity index (χ1v) is 20.9. The number of esters is 1. The predicted octanol–water partition coefficient (Wildman–Crippen LogP) is 4.21. The van der Waals surface area contributed by atoms with Crippen molar-refractivity contribution in [2.24, 2.45) is 29.6 Å². The molecule has 318 valence electrons. The third kappa shape index (κ3) is 10.9. The highest BCUT2D eigenvalue weighted by Crippen LogP contribution is 2.39. The Bertz CT molecular complexity index is 1430. The lowest BCUT2D eigenvalue weighted by Crippen LogP contribution is -2.64. The maximum atomic E-state index is 14.2. The molecule has 0 aromatic rings. The van der Waals surface area contributed by atoms with Crippen molar-refractivity contribution in [1.82, 2.24) is 4.90 Å². The number of cyclic esters (lactones) is 1. The maximum absolute atomic E-state index is 14.2. The van der Waals surface area contributed by atoms with Crippen LogP contribution in [0.1, 0.15) is 119 Å². The van der Waals surface area contributed by atoms with Crippen molar-refractivity contribution in [3.63, 3.8) is 0 Å². The number of ether oxygens (including phenoxy) is 4. The van der Waals surface area contributed by atoms with Gasteiger partial charge in [0.05, 0.1) is 30.5 Å². The largest absolute Gasteiger partial charge is 0.460 e. The normalized spacial score (nSPS) is 38.7. The van der Waals surface area contributed by atoms with Gasteiger partial charge in [-0.2, -0.15) is 0 Å². The van der Waals surface area contributed by atoms with Crippen molar-refractivity contribution in [2.75, 3.05) is 20.8 Å². The van der Waals surface area contributed by atoms with Crippen molar-refractivity contribution in [1.29, 1.82) is 0 Å². The Morgan fingerprint density at radius 1 is 1.00 bits per heavy atom. The summed E-state index contributed by atoms with van der Waals surface area (Å²) in [6.45, 7) is 11.2. The highest BCUT2D eigenvalue weighted by atomic mass is 16.7. The maximum Gasteiger partial charge on any atom is 0.329 e. The van der Waals surface area contributed by atoms with Crippen LogP contribution in [0.2, 0.25) is 0 Å². The van der Waals surface area contributed by atoms with Crippen LogP contribution in [-0.4, -0.2) is 124 Å². The lowest BCUT2D eigenvalue weighted by Gasteiger charge is -2.47. The Morgan fingerprint density at radius 2 is 1.68 bits per heavy atom. The van der Waals surface area contributed by atoms with Crippen LogP contribution in [0.4, 0.5) is 0 Å². The molecule has 4 N–H and O–H groups in total. The van der Waals surface area contributed by atoms with Crippen molar-refractivity contribution in [3.05, 3.63) is 23.3 Å². The van der Waals surface area contributed by atoms with E-state index in [-0.39, 0.29) is 43.4 Å². The number of piperidine rings is 1. The first kappa shape index (κ1) is 46.2. The summed E-state index contributed by atoms with van der Waals surface area (Å²) in [6, 6.07) is -1.16. The van der Waals surface area contributed by atoms with Gasteiger partial charge in [0.15, 0.2) is 0 Å². The number of allylic oxidation sites excluding steroid dienone is 3. The van der Waals surface area contributed by atoms with Crippen molar-refractivity contribution in [2.45, 2.75) is 173 Å². The second kappa shape index (κ2) is 20.4. The molecule has 14 unspecified atom stereocenters. The number of carbonyl (C=O) groups excluding carboxylic acids is 4. The minimum Gasteiger partial charge on any atom is -0.460 e. The van der Waals surface area contributed by atoms with E-state index in [1.807, 2.05) is 26.0 Å². The van der Waals surface area contributed by atoms with E-state index in [9.17, 15) is 39.6 Å². The van der Waals surface area contributed by atoms with Gasteiger partial charge in [0.25, 0.3) is 11.7 Å². The minimum absolute atomic E-state index is 0.0304. The summed E-state index contributed by atoms with van der Waals surface area (Å²) in [5.41, 5.74) is 1.59. The number of amides is 1. The molecule has 13 nitrogen and oxygen atoms in total. The first-order valence-electron chi connectivity index (χ1n) is 20.9. The van der Waals surface area contributed by atoms with E-state index in [0.29, 0.717) is 56.9 Å². The summed E-state index contributed by atoms with van der Waals surface area (Å²) < 4.78 is 24.1. The second-order valence-electron chi connectivity index (χ2n) is 17.3. The SMILES string of the molecule is CCCC1C=C(C)CC(C)CC(OC)C2OC(O)(C(=O)C(=O)N3CCCCC3C(=O)OC(C(C)C(O)C(C)=CC3CCC(O)C(O)C3)CC1=O)C(C)CC2OC. The zero-order valence-electron chi connectivity index (χ0n) is 34.9. The third-order valence-electron chi connectivity index (χ3n) is 12.8. The number of nitrogens with zero attached hydrogens (tertiary/aromatic N) is 1. The molecule has 1 aliphatic carbocycles. The molecule has 0 spiro atoms. The molecule has 3 aliphatic heterocycles. The molecular weight excluding hydrogens is 722 g/mol. The van der Waals surface area contributed by atoms with Crippen LogP contribution >= 0.6 is 0 Å². The summed E-state index contributed by atoms with van der Waals surface area (Å²) in [4.78, 5) is 57.9. The quantitative estimate of drug-likeness (QED) is 0.156. The van der Waals surface area contributed by atoms with Gasteiger partial charge in [-0.15, -0.1) is 0 Å². The zero-order valence-corrected chi connectivity index (χ0v) is 34.9. The molecule has 3 heterocycles. The molecule has 0 aromatic carbocycles. The number of aliphatic hydroxyl groups is 4. The summed E-state index contributed by atoms with van der Waals surface area (Å²) in [7, 11) is 3.07. The van der Waals surface area contributed by atoms with E-state index in [4.69, 9.17) is 18.9 Å². The van der Waals surface area contributed by atoms with Gasteiger partial charge < -0.3 is 44.3 Å². The van der Waals surface area contributed by atoms with Crippen LogP contribution in [0, 0.1) is 29.6 Å².